The van der Waals surface area contributed by atoms with Crippen LogP contribution in [-0.2, 0) is 25.0 Å². The zero-order chi connectivity index (χ0) is 25.7. The predicted octanol–water partition coefficient (Wildman–Crippen LogP) is -4.90. The van der Waals surface area contributed by atoms with E-state index in [0.717, 1.165) is 34.0 Å². The number of hydrogen-bond acceptors (Lipinski definition) is 9. The van der Waals surface area contributed by atoms with Gasteiger partial charge in [-0.1, -0.05) is 0 Å². The van der Waals surface area contributed by atoms with E-state index < -0.39 is 41.5 Å². The van der Waals surface area contributed by atoms with Crippen molar-refractivity contribution >= 4 is 43.6 Å². The van der Waals surface area contributed by atoms with Crippen LogP contribution < -0.4 is 113 Å². The van der Waals surface area contributed by atoms with Gasteiger partial charge < -0.3 is 9.11 Å². The van der Waals surface area contributed by atoms with Gasteiger partial charge in [0.15, 0.2) is 0 Å². The van der Waals surface area contributed by atoms with Crippen LogP contribution in [0.4, 0.5) is 5.69 Å². The molecule has 12 nitrogen and oxygen atoms in total. The Hall–Kier alpha value is -0.577. The SMILES string of the molecule is CC1=NN(c2ccc(S(=O)(=O)[O-])cc2)C(=O)/C1=C\c1c(C)[nH]n(-c2ccc(S(=O)(=O)[O-])cc2)c1=O.[K+].[K+]. The number of aromatic nitrogens is 2. The molecule has 0 saturated heterocycles. The smallest absolute Gasteiger partial charge is 0.744 e. The Balaban J connectivity index is 0.00000241. The molecule has 1 aromatic heterocycles. The summed E-state index contributed by atoms with van der Waals surface area (Å²) in [6.45, 7) is 3.16. The topological polar surface area (TPSA) is 185 Å². The van der Waals surface area contributed by atoms with Crippen molar-refractivity contribution in [2.75, 3.05) is 5.01 Å². The van der Waals surface area contributed by atoms with Crippen LogP contribution in [0.3, 0.4) is 0 Å². The van der Waals surface area contributed by atoms with E-state index in [0.29, 0.717) is 11.4 Å². The second kappa shape index (κ2) is 12.3. The summed E-state index contributed by atoms with van der Waals surface area (Å²) in [6, 6.07) is 9.41. The molecule has 16 heteroatoms. The molecule has 0 bridgehead atoms. The molecule has 2 aromatic carbocycles. The maximum absolute atomic E-state index is 13.0. The van der Waals surface area contributed by atoms with Crippen molar-refractivity contribution in [1.29, 1.82) is 0 Å². The number of rotatable bonds is 5. The Bertz CT molecular complexity index is 1690. The van der Waals surface area contributed by atoms with Gasteiger partial charge >= 0.3 is 103 Å². The molecule has 1 amide bonds. The van der Waals surface area contributed by atoms with Crippen LogP contribution in [0.25, 0.3) is 11.8 Å². The van der Waals surface area contributed by atoms with Gasteiger partial charge in [0.05, 0.1) is 38.0 Å². The summed E-state index contributed by atoms with van der Waals surface area (Å²) in [5.41, 5.74) is 0.939. The van der Waals surface area contributed by atoms with Crippen LogP contribution in [0, 0.1) is 6.92 Å². The average molecular weight is 595 g/mol. The molecule has 1 aliphatic rings. The van der Waals surface area contributed by atoms with E-state index in [2.05, 4.69) is 10.2 Å². The normalized spacial score (nSPS) is 14.8. The monoisotopic (exact) mass is 594 g/mol. The number of benzene rings is 2. The maximum Gasteiger partial charge on any atom is 1.00 e. The number of carbonyl (C=O) groups excluding carboxylic acids is 1. The quantitative estimate of drug-likeness (QED) is 0.173. The van der Waals surface area contributed by atoms with Crippen LogP contribution in [0.15, 0.2) is 73.8 Å². The summed E-state index contributed by atoms with van der Waals surface area (Å²) in [5.74, 6) is -0.572. The van der Waals surface area contributed by atoms with E-state index in [1.165, 1.54) is 30.3 Å². The van der Waals surface area contributed by atoms with Crippen molar-refractivity contribution < 1.29 is 134 Å². The van der Waals surface area contributed by atoms with Crippen molar-refractivity contribution in [2.24, 2.45) is 5.10 Å². The Labute approximate surface area is 297 Å². The number of H-pyrrole nitrogens is 1. The fourth-order valence-corrected chi connectivity index (χ4v) is 4.37. The molecule has 37 heavy (non-hydrogen) atoms. The second-order valence-electron chi connectivity index (χ2n) is 7.55. The van der Waals surface area contributed by atoms with E-state index in [1.54, 1.807) is 13.8 Å². The van der Waals surface area contributed by atoms with E-state index >= 15 is 0 Å². The zero-order valence-electron chi connectivity index (χ0n) is 20.1. The Morgan fingerprint density at radius 3 is 1.73 bits per heavy atom. The summed E-state index contributed by atoms with van der Waals surface area (Å²) in [5, 5.41) is 8.02. The van der Waals surface area contributed by atoms with Gasteiger partial charge in [0.1, 0.15) is 20.2 Å². The summed E-state index contributed by atoms with van der Waals surface area (Å²) in [7, 11) is -9.28. The van der Waals surface area contributed by atoms with Crippen LogP contribution in [0.5, 0.6) is 0 Å². The summed E-state index contributed by atoms with van der Waals surface area (Å²) in [4.78, 5) is 25.1. The summed E-state index contributed by atoms with van der Waals surface area (Å²) in [6.07, 6.45) is 1.36. The summed E-state index contributed by atoms with van der Waals surface area (Å²) >= 11 is 0. The first-order chi connectivity index (χ1) is 16.3. The van der Waals surface area contributed by atoms with Crippen molar-refractivity contribution in [2.45, 2.75) is 23.6 Å². The average Bonchev–Trinajstić information content (AvgIpc) is 3.23. The molecule has 1 aliphatic heterocycles. The number of aromatic amines is 1. The second-order valence-corrected chi connectivity index (χ2v) is 10.3. The van der Waals surface area contributed by atoms with Crippen molar-refractivity contribution in [3.63, 3.8) is 0 Å². The minimum atomic E-state index is -4.65. The van der Waals surface area contributed by atoms with E-state index in [1.807, 2.05) is 0 Å². The van der Waals surface area contributed by atoms with Gasteiger partial charge in [-0.05, 0) is 68.5 Å². The minimum Gasteiger partial charge on any atom is -0.744 e. The molecule has 0 fully saturated rings. The Kier molecular flexibility index (Phi) is 10.8. The van der Waals surface area contributed by atoms with Gasteiger partial charge in [-0.3, -0.25) is 14.7 Å². The summed E-state index contributed by atoms with van der Waals surface area (Å²) < 4.78 is 67.9. The number of hydrazone groups is 1. The first-order valence-corrected chi connectivity index (χ1v) is 12.6. The Morgan fingerprint density at radius 2 is 1.27 bits per heavy atom. The molecule has 3 aromatic rings. The number of anilines is 1. The van der Waals surface area contributed by atoms with Gasteiger partial charge in [0.2, 0.25) is 0 Å². The van der Waals surface area contributed by atoms with Gasteiger partial charge in [0.25, 0.3) is 11.5 Å². The number of hydrogen-bond donors (Lipinski definition) is 1. The largest absolute Gasteiger partial charge is 1.00 e. The third kappa shape index (κ3) is 6.96. The Morgan fingerprint density at radius 1 is 0.811 bits per heavy atom. The molecule has 182 valence electrons. The molecular weight excluding hydrogens is 579 g/mol. The van der Waals surface area contributed by atoms with E-state index in [-0.39, 0.29) is 125 Å². The third-order valence-corrected chi connectivity index (χ3v) is 6.92. The van der Waals surface area contributed by atoms with Gasteiger partial charge in [-0.25, -0.2) is 21.5 Å². The van der Waals surface area contributed by atoms with E-state index in [4.69, 9.17) is 0 Å². The van der Waals surface area contributed by atoms with Crippen LogP contribution >= 0.6 is 0 Å². The maximum atomic E-state index is 13.0. The molecule has 0 saturated carbocycles. The number of aryl methyl sites for hydroxylation is 1. The van der Waals surface area contributed by atoms with Gasteiger partial charge in [-0.15, -0.1) is 0 Å². The molecule has 0 spiro atoms. The molecule has 0 unspecified atom stereocenters. The molecule has 2 heterocycles. The van der Waals surface area contributed by atoms with Crippen LogP contribution in [0.2, 0.25) is 0 Å². The van der Waals surface area contributed by atoms with Gasteiger partial charge in [0, 0.05) is 5.69 Å². The van der Waals surface area contributed by atoms with Gasteiger partial charge in [-0.2, -0.15) is 10.1 Å². The molecule has 4 rings (SSSR count). The third-order valence-electron chi connectivity index (χ3n) is 5.22. The van der Waals surface area contributed by atoms with Crippen molar-refractivity contribution in [3.8, 4) is 5.69 Å². The molecule has 1 N–H and O–H groups in total. The molecule has 0 aliphatic carbocycles. The molecule has 0 radical (unpaired) electrons. The number of nitrogens with zero attached hydrogens (tertiary/aromatic N) is 3. The first kappa shape index (κ1) is 32.6. The minimum absolute atomic E-state index is 0. The fourth-order valence-electron chi connectivity index (χ4n) is 3.43. The van der Waals surface area contributed by atoms with Crippen molar-refractivity contribution in [3.05, 3.63) is 75.7 Å². The zero-order valence-corrected chi connectivity index (χ0v) is 28.0. The molecular formula is C21H16K2N4O8S2. The van der Waals surface area contributed by atoms with Crippen molar-refractivity contribution in [1.82, 2.24) is 9.78 Å². The first-order valence-electron chi connectivity index (χ1n) is 9.83. The standard InChI is InChI=1S/C21H18N4O8S2.2K/c1-12-18(20(26)24(22-12)14-3-7-16(8-4-14)34(28,29)30)11-19-13(2)23-25(21(19)27)15-5-9-17(10-6-15)35(31,32)33;;/h3-11,22H,1-2H3,(H,28,29,30)(H,31,32,33);;/q;2*+1/p-2/b19-11-;;. The number of amides is 1. The number of nitrogens with one attached hydrogen (secondary N) is 1. The van der Waals surface area contributed by atoms with E-state index in [9.17, 15) is 35.5 Å². The fraction of sp³-hybridized carbons (Fsp3) is 0.0952. The van der Waals surface area contributed by atoms with Crippen LogP contribution in [-0.4, -0.2) is 47.3 Å². The van der Waals surface area contributed by atoms with Crippen LogP contribution in [0.1, 0.15) is 18.2 Å². The molecule has 0 atom stereocenters. The predicted molar refractivity (Wildman–Crippen MR) is 122 cm³/mol. The number of carbonyl (C=O) groups is 1.